The molecule has 1 aliphatic rings. The van der Waals surface area contributed by atoms with Crippen molar-refractivity contribution >= 4 is 28.0 Å². The van der Waals surface area contributed by atoms with E-state index in [2.05, 4.69) is 26.6 Å². The first-order valence-electron chi connectivity index (χ1n) is 12.8. The molecule has 8 nitrogen and oxygen atoms in total. The number of fused-ring (bicyclic) bond motifs is 1. The number of halogens is 2. The van der Waals surface area contributed by atoms with Crippen molar-refractivity contribution in [2.75, 3.05) is 43.7 Å². The number of likely N-dealkylation sites (N-methyl/N-ethyl adjacent to an activating group) is 1. The van der Waals surface area contributed by atoms with Crippen molar-refractivity contribution in [3.8, 4) is 22.6 Å². The number of hydrogen-bond donors (Lipinski definition) is 2. The number of piperazine rings is 1. The van der Waals surface area contributed by atoms with E-state index < -0.39 is 23.0 Å². The summed E-state index contributed by atoms with van der Waals surface area (Å²) in [5.41, 5.74) is 3.16. The molecule has 0 saturated carbocycles. The van der Waals surface area contributed by atoms with E-state index in [1.165, 1.54) is 10.6 Å². The summed E-state index contributed by atoms with van der Waals surface area (Å²) in [6.07, 6.45) is 1.70. The number of hydrogen-bond acceptors (Lipinski definition) is 6. The standard InChI is InChI=1S/C28H31F2N5O3S/c1-4-39(37)32-19-6-8-25(38-26-7-5-18(29)13-24(26)30)21(14-19)23-17-34(3)28(36)22-15-20(31-27(22)23)16-35-11-9-33(2)10-12-35/h5-8,13-15,17,31-32H,4,9-12,16H2,1-3H3. The van der Waals surface area contributed by atoms with Crippen LogP contribution in [0.4, 0.5) is 14.5 Å². The van der Waals surface area contributed by atoms with E-state index in [-0.39, 0.29) is 11.3 Å². The quantitative estimate of drug-likeness (QED) is 0.313. The summed E-state index contributed by atoms with van der Waals surface area (Å²) in [5.74, 6) is -0.983. The molecule has 1 unspecified atom stereocenters. The number of nitrogens with one attached hydrogen (secondary N) is 2. The molecule has 0 radical (unpaired) electrons. The van der Waals surface area contributed by atoms with Crippen LogP contribution in [0.15, 0.2) is 53.5 Å². The molecular weight excluding hydrogens is 524 g/mol. The average Bonchev–Trinajstić information content (AvgIpc) is 3.34. The van der Waals surface area contributed by atoms with Crippen molar-refractivity contribution in [3.05, 3.63) is 76.3 Å². The molecule has 1 aliphatic heterocycles. The third-order valence-electron chi connectivity index (χ3n) is 6.88. The van der Waals surface area contributed by atoms with Crippen molar-refractivity contribution in [2.45, 2.75) is 13.5 Å². The largest absolute Gasteiger partial charge is 0.593 e. The van der Waals surface area contributed by atoms with Crippen molar-refractivity contribution < 1.29 is 18.1 Å². The third kappa shape index (κ3) is 5.96. The highest BCUT2D eigenvalue weighted by Crippen LogP contribution is 2.39. The molecule has 1 saturated heterocycles. The van der Waals surface area contributed by atoms with Crippen molar-refractivity contribution in [2.24, 2.45) is 7.05 Å². The summed E-state index contributed by atoms with van der Waals surface area (Å²) in [5, 5.41) is 0.522. The highest BCUT2D eigenvalue weighted by atomic mass is 32.2. The van der Waals surface area contributed by atoms with Crippen LogP contribution < -0.4 is 15.0 Å². The minimum Gasteiger partial charge on any atom is -0.593 e. The SMILES string of the molecule is CC[S+]([O-])Nc1ccc(Oc2ccc(F)cc2F)c(-c2cn(C)c(=O)c3cc(CN4CCN(C)CC4)[nH]c23)c1. The van der Waals surface area contributed by atoms with E-state index in [0.717, 1.165) is 44.0 Å². The fraction of sp³-hybridized carbons (Fsp3) is 0.321. The van der Waals surface area contributed by atoms with Gasteiger partial charge in [-0.1, -0.05) is 0 Å². The summed E-state index contributed by atoms with van der Waals surface area (Å²) in [6.45, 7) is 6.29. The van der Waals surface area contributed by atoms with Gasteiger partial charge in [0.2, 0.25) is 0 Å². The maximum absolute atomic E-state index is 14.5. The van der Waals surface area contributed by atoms with Gasteiger partial charge in [-0.05, 0) is 50.4 Å². The lowest BCUT2D eigenvalue weighted by atomic mass is 10.0. The normalized spacial score (nSPS) is 15.5. The van der Waals surface area contributed by atoms with Crippen LogP contribution in [0.2, 0.25) is 0 Å². The molecule has 206 valence electrons. The van der Waals surface area contributed by atoms with E-state index >= 15 is 0 Å². The highest BCUT2D eigenvalue weighted by Gasteiger charge is 2.21. The number of H-pyrrole nitrogens is 1. The monoisotopic (exact) mass is 555 g/mol. The second-order valence-corrected chi connectivity index (χ2v) is 11.2. The average molecular weight is 556 g/mol. The van der Waals surface area contributed by atoms with Crippen LogP contribution in [0.5, 0.6) is 11.5 Å². The molecule has 39 heavy (non-hydrogen) atoms. The van der Waals surface area contributed by atoms with Crippen LogP contribution in [-0.4, -0.2) is 62.9 Å². The molecule has 3 heterocycles. The minimum absolute atomic E-state index is 0.140. The molecule has 1 atom stereocenters. The Kier molecular flexibility index (Phi) is 7.94. The number of pyridine rings is 1. The number of aromatic nitrogens is 2. The number of ether oxygens (including phenoxy) is 1. The summed E-state index contributed by atoms with van der Waals surface area (Å²) in [7, 11) is 3.78. The first-order chi connectivity index (χ1) is 18.7. The number of benzene rings is 2. The van der Waals surface area contributed by atoms with E-state index in [4.69, 9.17) is 4.74 Å². The zero-order valence-corrected chi connectivity index (χ0v) is 22.9. The van der Waals surface area contributed by atoms with Gasteiger partial charge >= 0.3 is 0 Å². The predicted octanol–water partition coefficient (Wildman–Crippen LogP) is 4.45. The van der Waals surface area contributed by atoms with Crippen molar-refractivity contribution in [1.82, 2.24) is 19.4 Å². The highest BCUT2D eigenvalue weighted by molar-refractivity contribution is 7.92. The third-order valence-corrected chi connectivity index (χ3v) is 7.87. The van der Waals surface area contributed by atoms with Crippen LogP contribution in [0.1, 0.15) is 12.6 Å². The van der Waals surface area contributed by atoms with Crippen LogP contribution in [0.25, 0.3) is 22.0 Å². The zero-order chi connectivity index (χ0) is 27.7. The molecular formula is C28H31F2N5O3S. The molecule has 2 N–H and O–H groups in total. The zero-order valence-electron chi connectivity index (χ0n) is 22.1. The summed E-state index contributed by atoms with van der Waals surface area (Å²) in [4.78, 5) is 21.2. The molecule has 11 heteroatoms. The number of anilines is 1. The Hall–Kier alpha value is -3.38. The molecule has 2 aromatic carbocycles. The van der Waals surface area contributed by atoms with Gasteiger partial charge in [-0.25, -0.2) is 13.5 Å². The maximum Gasteiger partial charge on any atom is 0.259 e. The minimum atomic E-state index is -1.30. The fourth-order valence-corrected chi connectivity index (χ4v) is 5.24. The Bertz CT molecular complexity index is 1550. The number of nitrogens with zero attached hydrogens (tertiary/aromatic N) is 3. The Labute approximate surface area is 228 Å². The number of aromatic amines is 1. The topological polar surface area (TPSA) is 88.6 Å². The molecule has 0 spiro atoms. The summed E-state index contributed by atoms with van der Waals surface area (Å²) < 4.78 is 50.6. The first-order valence-corrected chi connectivity index (χ1v) is 14.1. The number of aryl methyl sites for hydroxylation is 1. The van der Waals surface area contributed by atoms with Gasteiger partial charge in [-0.2, -0.15) is 0 Å². The molecule has 5 rings (SSSR count). The smallest absolute Gasteiger partial charge is 0.259 e. The maximum atomic E-state index is 14.5. The van der Waals surface area contributed by atoms with Gasteiger partial charge in [0.05, 0.1) is 28.0 Å². The Morgan fingerprint density at radius 2 is 1.77 bits per heavy atom. The molecule has 2 aromatic heterocycles. The molecule has 0 bridgehead atoms. The molecule has 4 aromatic rings. The van der Waals surface area contributed by atoms with Gasteiger partial charge in [-0.15, -0.1) is 0 Å². The molecule has 0 aliphatic carbocycles. The van der Waals surface area contributed by atoms with Gasteiger partial charge in [0, 0.05) is 68.9 Å². The summed E-state index contributed by atoms with van der Waals surface area (Å²) in [6, 6.07) is 10.1. The van der Waals surface area contributed by atoms with Crippen LogP contribution in [-0.2, 0) is 25.0 Å². The van der Waals surface area contributed by atoms with Crippen LogP contribution >= 0.6 is 0 Å². The second kappa shape index (κ2) is 11.4. The van der Waals surface area contributed by atoms with Gasteiger partial charge in [-0.3, -0.25) is 9.69 Å². The van der Waals surface area contributed by atoms with E-state index in [0.29, 0.717) is 45.8 Å². The van der Waals surface area contributed by atoms with Gasteiger partial charge < -0.3 is 23.7 Å². The lowest BCUT2D eigenvalue weighted by Crippen LogP contribution is -2.43. The first kappa shape index (κ1) is 27.2. The lowest BCUT2D eigenvalue weighted by Gasteiger charge is -2.31. The van der Waals surface area contributed by atoms with E-state index in [1.807, 2.05) is 6.07 Å². The van der Waals surface area contributed by atoms with Crippen molar-refractivity contribution in [1.29, 1.82) is 0 Å². The van der Waals surface area contributed by atoms with Gasteiger partial charge in [0.1, 0.15) is 17.3 Å². The fourth-order valence-electron chi connectivity index (χ4n) is 4.71. The van der Waals surface area contributed by atoms with Crippen LogP contribution in [0.3, 0.4) is 0 Å². The van der Waals surface area contributed by atoms with Crippen LogP contribution in [0, 0.1) is 11.6 Å². The van der Waals surface area contributed by atoms with E-state index in [1.54, 1.807) is 38.4 Å². The second-order valence-electron chi connectivity index (χ2n) is 9.75. The van der Waals surface area contributed by atoms with Crippen molar-refractivity contribution in [3.63, 3.8) is 0 Å². The predicted molar refractivity (Wildman–Crippen MR) is 150 cm³/mol. The lowest BCUT2D eigenvalue weighted by molar-refractivity contribution is 0.147. The Morgan fingerprint density at radius 3 is 2.49 bits per heavy atom. The number of rotatable bonds is 8. The Morgan fingerprint density at radius 1 is 1.03 bits per heavy atom. The molecule has 0 amide bonds. The van der Waals surface area contributed by atoms with Gasteiger partial charge in [0.15, 0.2) is 11.6 Å². The summed E-state index contributed by atoms with van der Waals surface area (Å²) >= 11 is -1.30. The van der Waals surface area contributed by atoms with Gasteiger partial charge in [0.25, 0.3) is 5.56 Å². The van der Waals surface area contributed by atoms with E-state index in [9.17, 15) is 18.1 Å². The molecule has 1 fully saturated rings. The Balaban J connectivity index is 1.61.